The van der Waals surface area contributed by atoms with Gasteiger partial charge in [0, 0.05) is 10.9 Å². The zero-order valence-electron chi connectivity index (χ0n) is 14.0. The third-order valence-corrected chi connectivity index (χ3v) is 4.13. The van der Waals surface area contributed by atoms with Crippen LogP contribution in [-0.2, 0) is 0 Å². The number of rotatable bonds is 6. The van der Waals surface area contributed by atoms with Crippen molar-refractivity contribution in [2.45, 2.75) is 25.8 Å². The van der Waals surface area contributed by atoms with Crippen LogP contribution in [-0.4, -0.2) is 11.8 Å². The summed E-state index contributed by atoms with van der Waals surface area (Å²) < 4.78 is 5.62. The zero-order chi connectivity index (χ0) is 17.8. The topological polar surface area (TPSA) is 85.3 Å². The summed E-state index contributed by atoms with van der Waals surface area (Å²) in [4.78, 5) is 23.8. The van der Waals surface area contributed by atoms with Crippen molar-refractivity contribution in [3.63, 3.8) is 0 Å². The maximum Gasteiger partial charge on any atom is 0.287 e. The van der Waals surface area contributed by atoms with Gasteiger partial charge in [-0.25, -0.2) is 0 Å². The highest BCUT2D eigenvalue weighted by Crippen LogP contribution is 2.22. The molecular formula is C20H20N2O3. The molecule has 3 aromatic rings. The number of benzene rings is 2. The number of hydrogen-bond donors (Lipinski definition) is 2. The van der Waals surface area contributed by atoms with Crippen molar-refractivity contribution in [1.29, 1.82) is 0 Å². The lowest BCUT2D eigenvalue weighted by atomic mass is 10.0. The molecule has 0 spiro atoms. The van der Waals surface area contributed by atoms with Crippen molar-refractivity contribution in [2.24, 2.45) is 5.73 Å². The lowest BCUT2D eigenvalue weighted by Crippen LogP contribution is -2.28. The van der Waals surface area contributed by atoms with Crippen LogP contribution in [0.3, 0.4) is 0 Å². The molecule has 3 N–H and O–H groups in total. The molecular weight excluding hydrogens is 316 g/mol. The maximum absolute atomic E-state index is 12.6. The van der Waals surface area contributed by atoms with E-state index in [1.807, 2.05) is 36.4 Å². The van der Waals surface area contributed by atoms with Crippen LogP contribution in [0.15, 0.2) is 59.0 Å². The Hall–Kier alpha value is -3.08. The van der Waals surface area contributed by atoms with Gasteiger partial charge in [-0.15, -0.1) is 0 Å². The van der Waals surface area contributed by atoms with E-state index in [9.17, 15) is 9.59 Å². The van der Waals surface area contributed by atoms with Crippen molar-refractivity contribution in [1.82, 2.24) is 5.32 Å². The molecule has 0 saturated heterocycles. The molecule has 1 atom stereocenters. The third-order valence-electron chi connectivity index (χ3n) is 4.13. The molecule has 1 aromatic heterocycles. The molecule has 0 saturated carbocycles. The van der Waals surface area contributed by atoms with E-state index in [1.165, 1.54) is 0 Å². The summed E-state index contributed by atoms with van der Waals surface area (Å²) in [6, 6.07) is 16.1. The van der Waals surface area contributed by atoms with E-state index in [0.29, 0.717) is 11.1 Å². The molecule has 1 unspecified atom stereocenters. The average Bonchev–Trinajstić information content (AvgIpc) is 3.05. The molecule has 3 rings (SSSR count). The van der Waals surface area contributed by atoms with E-state index in [0.717, 1.165) is 23.8 Å². The predicted octanol–water partition coefficient (Wildman–Crippen LogP) is 3.80. The highest BCUT2D eigenvalue weighted by Gasteiger charge is 2.18. The molecule has 5 heteroatoms. The van der Waals surface area contributed by atoms with Crippen LogP contribution in [0, 0.1) is 0 Å². The van der Waals surface area contributed by atoms with Crippen LogP contribution >= 0.6 is 0 Å². The van der Waals surface area contributed by atoms with Gasteiger partial charge in [-0.1, -0.05) is 43.7 Å². The van der Waals surface area contributed by atoms with Gasteiger partial charge in [-0.2, -0.15) is 0 Å². The highest BCUT2D eigenvalue weighted by atomic mass is 16.3. The van der Waals surface area contributed by atoms with Crippen molar-refractivity contribution >= 4 is 22.8 Å². The number of para-hydroxylation sites is 1. The van der Waals surface area contributed by atoms with Crippen LogP contribution in [0.1, 0.15) is 52.3 Å². The van der Waals surface area contributed by atoms with Gasteiger partial charge in [0.2, 0.25) is 5.91 Å². The molecule has 2 amide bonds. The second-order valence-electron chi connectivity index (χ2n) is 5.95. The fourth-order valence-corrected chi connectivity index (χ4v) is 2.81. The monoisotopic (exact) mass is 336 g/mol. The van der Waals surface area contributed by atoms with Gasteiger partial charge in [-0.05, 0) is 36.2 Å². The number of nitrogens with one attached hydrogen (secondary N) is 1. The smallest absolute Gasteiger partial charge is 0.287 e. The number of carbonyl (C=O) groups excluding carboxylic acids is 2. The quantitative estimate of drug-likeness (QED) is 0.718. The van der Waals surface area contributed by atoms with Crippen molar-refractivity contribution in [3.8, 4) is 0 Å². The Bertz CT molecular complexity index is 864. The summed E-state index contributed by atoms with van der Waals surface area (Å²) in [5, 5.41) is 3.91. The number of furan rings is 1. The summed E-state index contributed by atoms with van der Waals surface area (Å²) >= 11 is 0. The van der Waals surface area contributed by atoms with E-state index in [1.54, 1.807) is 18.2 Å². The molecule has 5 nitrogen and oxygen atoms in total. The Morgan fingerprint density at radius 2 is 1.84 bits per heavy atom. The van der Waals surface area contributed by atoms with Gasteiger partial charge in [-0.3, -0.25) is 9.59 Å². The summed E-state index contributed by atoms with van der Waals surface area (Å²) in [5.41, 5.74) is 7.33. The number of nitrogens with two attached hydrogens (primary N) is 1. The molecule has 0 aliphatic heterocycles. The molecule has 2 aromatic carbocycles. The lowest BCUT2D eigenvalue weighted by molar-refractivity contribution is 0.0907. The number of primary amides is 1. The van der Waals surface area contributed by atoms with Crippen molar-refractivity contribution in [2.75, 3.05) is 0 Å². The Kier molecular flexibility index (Phi) is 4.84. The van der Waals surface area contributed by atoms with Crippen LogP contribution in [0.25, 0.3) is 11.0 Å². The van der Waals surface area contributed by atoms with E-state index < -0.39 is 5.91 Å². The summed E-state index contributed by atoms with van der Waals surface area (Å²) in [6.07, 6.45) is 1.69. The molecule has 0 fully saturated rings. The summed E-state index contributed by atoms with van der Waals surface area (Å²) in [7, 11) is 0. The minimum atomic E-state index is -0.468. The number of amides is 2. The first kappa shape index (κ1) is 16.8. The molecule has 128 valence electrons. The lowest BCUT2D eigenvalue weighted by Gasteiger charge is -2.18. The van der Waals surface area contributed by atoms with Gasteiger partial charge in [0.15, 0.2) is 5.76 Å². The Labute approximate surface area is 145 Å². The molecule has 0 radical (unpaired) electrons. The van der Waals surface area contributed by atoms with Crippen molar-refractivity contribution in [3.05, 3.63) is 71.5 Å². The van der Waals surface area contributed by atoms with E-state index in [4.69, 9.17) is 10.2 Å². The molecule has 0 bridgehead atoms. The molecule has 1 heterocycles. The largest absolute Gasteiger partial charge is 0.451 e. The number of carbonyl (C=O) groups is 2. The standard InChI is InChI=1S/C20H20N2O3/c1-2-5-16(13-8-10-14(11-9-13)19(21)23)22-20(24)18-12-15-6-3-4-7-17(15)25-18/h3-4,6-12,16H,2,5H2,1H3,(H2,21,23)(H,22,24). The third kappa shape index (κ3) is 3.71. The molecule has 0 aliphatic carbocycles. The van der Waals surface area contributed by atoms with Gasteiger partial charge in [0.25, 0.3) is 5.91 Å². The SMILES string of the molecule is CCCC(NC(=O)c1cc2ccccc2o1)c1ccc(C(N)=O)cc1. The first-order valence-electron chi connectivity index (χ1n) is 8.27. The van der Waals surface area contributed by atoms with Crippen LogP contribution in [0.2, 0.25) is 0 Å². The van der Waals surface area contributed by atoms with Crippen LogP contribution < -0.4 is 11.1 Å². The second-order valence-corrected chi connectivity index (χ2v) is 5.95. The van der Waals surface area contributed by atoms with Gasteiger partial charge in [0.05, 0.1) is 6.04 Å². The Balaban J connectivity index is 1.80. The number of fused-ring (bicyclic) bond motifs is 1. The van der Waals surface area contributed by atoms with Gasteiger partial charge in [0.1, 0.15) is 5.58 Å². The van der Waals surface area contributed by atoms with E-state index in [2.05, 4.69) is 12.2 Å². The fourth-order valence-electron chi connectivity index (χ4n) is 2.81. The number of hydrogen-bond acceptors (Lipinski definition) is 3. The van der Waals surface area contributed by atoms with E-state index in [-0.39, 0.29) is 17.7 Å². The fraction of sp³-hybridized carbons (Fsp3) is 0.200. The predicted molar refractivity (Wildman–Crippen MR) is 96.3 cm³/mol. The van der Waals surface area contributed by atoms with Crippen LogP contribution in [0.5, 0.6) is 0 Å². The van der Waals surface area contributed by atoms with Crippen molar-refractivity contribution < 1.29 is 14.0 Å². The molecule has 25 heavy (non-hydrogen) atoms. The van der Waals surface area contributed by atoms with Gasteiger partial charge < -0.3 is 15.5 Å². The summed E-state index contributed by atoms with van der Waals surface area (Å²) in [6.45, 7) is 2.05. The maximum atomic E-state index is 12.6. The van der Waals surface area contributed by atoms with Gasteiger partial charge >= 0.3 is 0 Å². The normalized spacial score (nSPS) is 12.0. The highest BCUT2D eigenvalue weighted by molar-refractivity contribution is 5.96. The second kappa shape index (κ2) is 7.21. The molecule has 0 aliphatic rings. The average molecular weight is 336 g/mol. The zero-order valence-corrected chi connectivity index (χ0v) is 14.0. The Morgan fingerprint density at radius 3 is 2.48 bits per heavy atom. The Morgan fingerprint density at radius 1 is 1.12 bits per heavy atom. The first-order valence-corrected chi connectivity index (χ1v) is 8.27. The summed E-state index contributed by atoms with van der Waals surface area (Å²) in [5.74, 6) is -0.436. The van der Waals surface area contributed by atoms with E-state index >= 15 is 0 Å². The van der Waals surface area contributed by atoms with Crippen LogP contribution in [0.4, 0.5) is 0 Å². The minimum absolute atomic E-state index is 0.160. The first-order chi connectivity index (χ1) is 12.1. The minimum Gasteiger partial charge on any atom is -0.451 e.